The third kappa shape index (κ3) is 1.62. The van der Waals surface area contributed by atoms with Gasteiger partial charge in [0.05, 0.1) is 0 Å². The maximum Gasteiger partial charge on any atom is 0.266 e. The highest BCUT2D eigenvalue weighted by Crippen LogP contribution is 2.32. The van der Waals surface area contributed by atoms with Crippen molar-refractivity contribution in [2.75, 3.05) is 0 Å². The van der Waals surface area contributed by atoms with Gasteiger partial charge in [0.2, 0.25) is 0 Å². The fourth-order valence-electron chi connectivity index (χ4n) is 1.91. The first-order chi connectivity index (χ1) is 8.79. The van der Waals surface area contributed by atoms with Crippen LogP contribution in [0.1, 0.15) is 5.56 Å². The zero-order valence-corrected chi connectivity index (χ0v) is 10.1. The first-order valence-electron chi connectivity index (χ1n) is 5.39. The standard InChI is InChI=1S/C14H8N2OS/c15-7-9-5-6-12(16-14(9)17)11-8-18-13-4-2-1-3-10(11)13/h1-6,8H,(H,16,17). The molecule has 1 aromatic carbocycles. The van der Waals surface area contributed by atoms with Crippen molar-refractivity contribution in [3.8, 4) is 17.3 Å². The minimum absolute atomic E-state index is 0.137. The molecule has 2 aromatic heterocycles. The number of pyridine rings is 1. The summed E-state index contributed by atoms with van der Waals surface area (Å²) < 4.78 is 1.18. The highest BCUT2D eigenvalue weighted by molar-refractivity contribution is 7.17. The van der Waals surface area contributed by atoms with E-state index in [4.69, 9.17) is 5.26 Å². The average Bonchev–Trinajstić information content (AvgIpc) is 2.82. The van der Waals surface area contributed by atoms with Gasteiger partial charge in [-0.05, 0) is 18.2 Å². The molecule has 0 saturated heterocycles. The number of hydrogen-bond donors (Lipinski definition) is 1. The summed E-state index contributed by atoms with van der Waals surface area (Å²) in [6, 6.07) is 13.2. The second kappa shape index (κ2) is 4.13. The van der Waals surface area contributed by atoms with Crippen LogP contribution in [0.15, 0.2) is 46.6 Å². The van der Waals surface area contributed by atoms with Crippen LogP contribution in [-0.4, -0.2) is 4.98 Å². The van der Waals surface area contributed by atoms with Gasteiger partial charge >= 0.3 is 0 Å². The van der Waals surface area contributed by atoms with E-state index in [0.717, 1.165) is 16.6 Å². The number of aromatic amines is 1. The van der Waals surface area contributed by atoms with Crippen molar-refractivity contribution in [3.63, 3.8) is 0 Å². The molecule has 0 spiro atoms. The molecule has 1 N–H and O–H groups in total. The molecule has 18 heavy (non-hydrogen) atoms. The summed E-state index contributed by atoms with van der Waals surface area (Å²) in [5.74, 6) is 0. The van der Waals surface area contributed by atoms with E-state index >= 15 is 0 Å². The van der Waals surface area contributed by atoms with Crippen LogP contribution in [0.3, 0.4) is 0 Å². The molecule has 3 nitrogen and oxygen atoms in total. The molecular formula is C14H8N2OS. The van der Waals surface area contributed by atoms with E-state index in [1.807, 2.05) is 35.7 Å². The Hall–Kier alpha value is -2.38. The van der Waals surface area contributed by atoms with Gasteiger partial charge in [0.15, 0.2) is 0 Å². The van der Waals surface area contributed by atoms with Crippen LogP contribution in [0.4, 0.5) is 0 Å². The van der Waals surface area contributed by atoms with Crippen LogP contribution in [0, 0.1) is 11.3 Å². The molecule has 0 aliphatic rings. The van der Waals surface area contributed by atoms with Gasteiger partial charge in [-0.3, -0.25) is 4.79 Å². The van der Waals surface area contributed by atoms with Gasteiger partial charge < -0.3 is 4.98 Å². The van der Waals surface area contributed by atoms with E-state index in [1.54, 1.807) is 23.5 Å². The molecule has 4 heteroatoms. The van der Waals surface area contributed by atoms with Crippen molar-refractivity contribution in [1.29, 1.82) is 5.26 Å². The number of nitrogens with zero attached hydrogens (tertiary/aromatic N) is 1. The molecule has 3 rings (SSSR count). The number of hydrogen-bond acceptors (Lipinski definition) is 3. The lowest BCUT2D eigenvalue weighted by atomic mass is 10.1. The molecule has 3 aromatic rings. The fourth-order valence-corrected chi connectivity index (χ4v) is 2.87. The van der Waals surface area contributed by atoms with E-state index in [-0.39, 0.29) is 11.1 Å². The SMILES string of the molecule is N#Cc1ccc(-c2csc3ccccc23)[nH]c1=O. The van der Waals surface area contributed by atoms with E-state index in [0.29, 0.717) is 0 Å². The Morgan fingerprint density at radius 2 is 2.00 bits per heavy atom. The molecule has 0 unspecified atom stereocenters. The fraction of sp³-hybridized carbons (Fsp3) is 0. The molecule has 0 amide bonds. The maximum atomic E-state index is 11.6. The largest absolute Gasteiger partial charge is 0.321 e. The Balaban J connectivity index is 2.24. The van der Waals surface area contributed by atoms with Crippen LogP contribution in [0.5, 0.6) is 0 Å². The first kappa shape index (κ1) is 10.8. The van der Waals surface area contributed by atoms with Crippen molar-refractivity contribution < 1.29 is 0 Å². The van der Waals surface area contributed by atoms with Gasteiger partial charge in [-0.25, -0.2) is 0 Å². The minimum atomic E-state index is -0.342. The predicted molar refractivity (Wildman–Crippen MR) is 72.6 cm³/mol. The maximum absolute atomic E-state index is 11.6. The smallest absolute Gasteiger partial charge is 0.266 e. The number of nitrogens with one attached hydrogen (secondary N) is 1. The monoisotopic (exact) mass is 252 g/mol. The summed E-state index contributed by atoms with van der Waals surface area (Å²) in [6.07, 6.45) is 0. The Morgan fingerprint density at radius 3 is 2.78 bits per heavy atom. The lowest BCUT2D eigenvalue weighted by molar-refractivity contribution is 1.22. The third-order valence-electron chi connectivity index (χ3n) is 2.80. The second-order valence-electron chi connectivity index (χ2n) is 3.87. The van der Waals surface area contributed by atoms with E-state index in [2.05, 4.69) is 4.98 Å². The van der Waals surface area contributed by atoms with E-state index in [9.17, 15) is 4.79 Å². The first-order valence-corrected chi connectivity index (χ1v) is 6.27. The lowest BCUT2D eigenvalue weighted by Crippen LogP contribution is -2.09. The number of nitriles is 1. The highest BCUT2D eigenvalue weighted by Gasteiger charge is 2.07. The highest BCUT2D eigenvalue weighted by atomic mass is 32.1. The molecule has 0 atom stereocenters. The van der Waals surface area contributed by atoms with Crippen molar-refractivity contribution in [2.45, 2.75) is 0 Å². The normalized spacial score (nSPS) is 10.4. The molecule has 0 fully saturated rings. The van der Waals surface area contributed by atoms with Gasteiger partial charge in [-0.2, -0.15) is 5.26 Å². The number of fused-ring (bicyclic) bond motifs is 1. The summed E-state index contributed by atoms with van der Waals surface area (Å²) in [5.41, 5.74) is 1.54. The Labute approximate surface area is 107 Å². The summed E-state index contributed by atoms with van der Waals surface area (Å²) >= 11 is 1.64. The number of thiophene rings is 1. The predicted octanol–water partition coefficient (Wildman–Crippen LogP) is 3.13. The molecule has 0 bridgehead atoms. The molecule has 0 aliphatic heterocycles. The zero-order chi connectivity index (χ0) is 12.5. The van der Waals surface area contributed by atoms with Crippen LogP contribution in [0.25, 0.3) is 21.3 Å². The number of H-pyrrole nitrogens is 1. The molecule has 86 valence electrons. The minimum Gasteiger partial charge on any atom is -0.321 e. The summed E-state index contributed by atoms with van der Waals surface area (Å²) in [7, 11) is 0. The number of aromatic nitrogens is 1. The molecule has 0 aliphatic carbocycles. The summed E-state index contributed by atoms with van der Waals surface area (Å²) in [6.45, 7) is 0. The molecular weight excluding hydrogens is 244 g/mol. The summed E-state index contributed by atoms with van der Waals surface area (Å²) in [5, 5.41) is 11.9. The van der Waals surface area contributed by atoms with Crippen LogP contribution in [-0.2, 0) is 0 Å². The van der Waals surface area contributed by atoms with Crippen molar-refractivity contribution in [2.24, 2.45) is 0 Å². The average molecular weight is 252 g/mol. The van der Waals surface area contributed by atoms with Crippen LogP contribution in [0.2, 0.25) is 0 Å². The van der Waals surface area contributed by atoms with Crippen LogP contribution < -0.4 is 5.56 Å². The molecule has 0 saturated carbocycles. The zero-order valence-electron chi connectivity index (χ0n) is 9.31. The van der Waals surface area contributed by atoms with Gasteiger partial charge in [0.25, 0.3) is 5.56 Å². The Kier molecular flexibility index (Phi) is 2.47. The van der Waals surface area contributed by atoms with E-state index in [1.165, 1.54) is 4.70 Å². The number of benzene rings is 1. The Morgan fingerprint density at radius 1 is 1.17 bits per heavy atom. The second-order valence-corrected chi connectivity index (χ2v) is 4.78. The summed E-state index contributed by atoms with van der Waals surface area (Å²) in [4.78, 5) is 14.4. The van der Waals surface area contributed by atoms with Crippen LogP contribution >= 0.6 is 11.3 Å². The van der Waals surface area contributed by atoms with Crippen molar-refractivity contribution >= 4 is 21.4 Å². The van der Waals surface area contributed by atoms with Gasteiger partial charge in [-0.15, -0.1) is 11.3 Å². The molecule has 0 radical (unpaired) electrons. The van der Waals surface area contributed by atoms with Crippen molar-refractivity contribution in [3.05, 3.63) is 57.7 Å². The lowest BCUT2D eigenvalue weighted by Gasteiger charge is -1.99. The Bertz CT molecular complexity index is 823. The van der Waals surface area contributed by atoms with Gasteiger partial charge in [-0.1, -0.05) is 18.2 Å². The van der Waals surface area contributed by atoms with E-state index < -0.39 is 0 Å². The van der Waals surface area contributed by atoms with Gasteiger partial charge in [0.1, 0.15) is 11.6 Å². The third-order valence-corrected chi connectivity index (χ3v) is 3.76. The number of rotatable bonds is 1. The quantitative estimate of drug-likeness (QED) is 0.723. The topological polar surface area (TPSA) is 56.6 Å². The van der Waals surface area contributed by atoms with Gasteiger partial charge in [0, 0.05) is 26.7 Å². The molecule has 2 heterocycles. The van der Waals surface area contributed by atoms with Crippen molar-refractivity contribution in [1.82, 2.24) is 4.98 Å².